The topological polar surface area (TPSA) is 65.7 Å². The van der Waals surface area contributed by atoms with Crippen LogP contribution in [-0.4, -0.2) is 34.6 Å². The summed E-state index contributed by atoms with van der Waals surface area (Å²) in [4.78, 5) is 18.0. The maximum absolute atomic E-state index is 13.0. The normalized spacial score (nSPS) is 15.7. The first kappa shape index (κ1) is 20.4. The molecule has 2 heterocycles. The Hall–Kier alpha value is -3.51. The Kier molecular flexibility index (Phi) is 5.23. The summed E-state index contributed by atoms with van der Waals surface area (Å²) >= 11 is 0. The summed E-state index contributed by atoms with van der Waals surface area (Å²) in [6.07, 6.45) is 3.04. The fourth-order valence-corrected chi connectivity index (χ4v) is 4.47. The highest BCUT2D eigenvalue weighted by Gasteiger charge is 2.29. The van der Waals surface area contributed by atoms with Gasteiger partial charge in [0.05, 0.1) is 36.2 Å². The molecule has 6 heteroatoms. The number of Topliss-reactive ketones (excluding diaryl/α,β-unsaturated/α-hetero) is 1. The lowest BCUT2D eigenvalue weighted by Crippen LogP contribution is -2.21. The van der Waals surface area contributed by atoms with E-state index < -0.39 is 0 Å². The monoisotopic (exact) mass is 427 g/mol. The zero-order valence-corrected chi connectivity index (χ0v) is 18.5. The summed E-state index contributed by atoms with van der Waals surface area (Å²) < 4.78 is 12.5. The number of fused-ring (bicyclic) bond motifs is 2. The fourth-order valence-electron chi connectivity index (χ4n) is 4.47. The van der Waals surface area contributed by atoms with E-state index in [4.69, 9.17) is 19.6 Å². The first-order valence-corrected chi connectivity index (χ1v) is 10.7. The molecule has 1 aliphatic rings. The van der Waals surface area contributed by atoms with Crippen molar-refractivity contribution in [1.29, 1.82) is 0 Å². The Morgan fingerprint density at radius 3 is 2.66 bits per heavy atom. The van der Waals surface area contributed by atoms with Gasteiger partial charge < -0.3 is 9.47 Å². The van der Waals surface area contributed by atoms with Crippen LogP contribution in [0.3, 0.4) is 0 Å². The van der Waals surface area contributed by atoms with Crippen molar-refractivity contribution in [2.75, 3.05) is 14.2 Å². The lowest BCUT2D eigenvalue weighted by molar-refractivity contribution is 0.0962. The van der Waals surface area contributed by atoms with Crippen LogP contribution < -0.4 is 4.74 Å². The second-order valence-electron chi connectivity index (χ2n) is 8.30. The van der Waals surface area contributed by atoms with E-state index in [0.717, 1.165) is 40.3 Å². The number of carbonyl (C=O) groups is 1. The van der Waals surface area contributed by atoms with E-state index >= 15 is 0 Å². The zero-order valence-electron chi connectivity index (χ0n) is 18.5. The molecule has 1 aliphatic carbocycles. The maximum Gasteiger partial charge on any atom is 0.166 e. The van der Waals surface area contributed by atoms with Crippen molar-refractivity contribution in [3.63, 3.8) is 0 Å². The predicted molar refractivity (Wildman–Crippen MR) is 122 cm³/mol. The van der Waals surface area contributed by atoms with Gasteiger partial charge in [0.15, 0.2) is 11.4 Å². The minimum Gasteiger partial charge on any atom is -0.497 e. The Balaban J connectivity index is 1.64. The highest BCUT2D eigenvalue weighted by atomic mass is 16.5. The molecule has 0 aliphatic heterocycles. The molecule has 0 amide bonds. The van der Waals surface area contributed by atoms with Gasteiger partial charge in [-0.25, -0.2) is 9.50 Å². The Morgan fingerprint density at radius 1 is 1.09 bits per heavy atom. The van der Waals surface area contributed by atoms with Gasteiger partial charge in [0, 0.05) is 19.7 Å². The first-order chi connectivity index (χ1) is 15.6. The minimum absolute atomic E-state index is 0.109. The van der Waals surface area contributed by atoms with Crippen molar-refractivity contribution >= 4 is 11.4 Å². The Bertz CT molecular complexity index is 1310. The van der Waals surface area contributed by atoms with Crippen molar-refractivity contribution in [2.45, 2.75) is 32.3 Å². The summed E-state index contributed by atoms with van der Waals surface area (Å²) in [5.41, 5.74) is 7.23. The average molecular weight is 428 g/mol. The molecule has 0 radical (unpaired) electrons. The molecule has 6 nitrogen and oxygen atoms in total. The van der Waals surface area contributed by atoms with Crippen molar-refractivity contribution in [3.05, 3.63) is 82.8 Å². The molecule has 0 saturated carbocycles. The molecular weight excluding hydrogens is 402 g/mol. The number of hydrogen-bond donors (Lipinski definition) is 0. The fraction of sp³-hybridized carbons (Fsp3) is 0.269. The molecule has 32 heavy (non-hydrogen) atoms. The van der Waals surface area contributed by atoms with Crippen LogP contribution in [0.4, 0.5) is 0 Å². The van der Waals surface area contributed by atoms with E-state index in [1.807, 2.05) is 30.5 Å². The summed E-state index contributed by atoms with van der Waals surface area (Å²) in [5, 5.41) is 4.70. The van der Waals surface area contributed by atoms with Crippen LogP contribution in [0.1, 0.15) is 45.2 Å². The Labute approximate surface area is 186 Å². The third kappa shape index (κ3) is 3.56. The SMILES string of the molecule is COCc1nn2cc3c(nc2c1-c1cccc(OC)c1)CC(c1ccc(C)cc1)CC3=O. The van der Waals surface area contributed by atoms with Gasteiger partial charge >= 0.3 is 0 Å². The molecule has 0 fully saturated rings. The van der Waals surface area contributed by atoms with Gasteiger partial charge in [-0.2, -0.15) is 5.10 Å². The van der Waals surface area contributed by atoms with Gasteiger partial charge in [-0.3, -0.25) is 4.79 Å². The van der Waals surface area contributed by atoms with Crippen LogP contribution in [0.25, 0.3) is 16.8 Å². The molecule has 0 bridgehead atoms. The number of benzene rings is 2. The van der Waals surface area contributed by atoms with E-state index in [1.165, 1.54) is 11.1 Å². The summed E-state index contributed by atoms with van der Waals surface area (Å²) in [6, 6.07) is 16.3. The summed E-state index contributed by atoms with van der Waals surface area (Å²) in [5.74, 6) is 1.00. The minimum atomic E-state index is 0.109. The van der Waals surface area contributed by atoms with Crippen molar-refractivity contribution in [1.82, 2.24) is 14.6 Å². The van der Waals surface area contributed by atoms with Gasteiger partial charge in [0.25, 0.3) is 0 Å². The van der Waals surface area contributed by atoms with E-state index in [-0.39, 0.29) is 11.7 Å². The molecule has 4 aromatic rings. The standard InChI is InChI=1S/C26H25N3O3/c1-16-7-9-17(10-8-16)19-12-22-21(24(30)13-19)14-29-26(27-22)25(23(28-29)15-31-2)18-5-4-6-20(11-18)32-3/h4-11,14,19H,12-13,15H2,1-3H3. The average Bonchev–Trinajstić information content (AvgIpc) is 3.15. The third-order valence-corrected chi connectivity index (χ3v) is 6.12. The van der Waals surface area contributed by atoms with Crippen molar-refractivity contribution < 1.29 is 14.3 Å². The molecule has 162 valence electrons. The largest absolute Gasteiger partial charge is 0.497 e. The van der Waals surface area contributed by atoms with Crippen molar-refractivity contribution in [2.24, 2.45) is 0 Å². The number of aromatic nitrogens is 3. The number of ether oxygens (including phenoxy) is 2. The van der Waals surface area contributed by atoms with Crippen LogP contribution >= 0.6 is 0 Å². The molecule has 2 aromatic carbocycles. The number of ketones is 1. The molecule has 0 saturated heterocycles. The molecular formula is C26H25N3O3. The van der Waals surface area contributed by atoms with Gasteiger partial charge in [-0.05, 0) is 42.5 Å². The number of rotatable bonds is 5. The second-order valence-corrected chi connectivity index (χ2v) is 8.30. The Morgan fingerprint density at radius 2 is 1.91 bits per heavy atom. The highest BCUT2D eigenvalue weighted by molar-refractivity contribution is 5.99. The van der Waals surface area contributed by atoms with E-state index in [1.54, 1.807) is 18.7 Å². The number of carbonyl (C=O) groups excluding carboxylic acids is 1. The van der Waals surface area contributed by atoms with Gasteiger partial charge in [0.1, 0.15) is 5.75 Å². The van der Waals surface area contributed by atoms with Crippen LogP contribution in [0.15, 0.2) is 54.7 Å². The molecule has 5 rings (SSSR count). The first-order valence-electron chi connectivity index (χ1n) is 10.7. The molecule has 1 unspecified atom stereocenters. The van der Waals surface area contributed by atoms with E-state index in [9.17, 15) is 4.79 Å². The second kappa shape index (κ2) is 8.20. The van der Waals surface area contributed by atoms with Gasteiger partial charge in [-0.15, -0.1) is 0 Å². The lowest BCUT2D eigenvalue weighted by Gasteiger charge is -2.23. The lowest BCUT2D eigenvalue weighted by atomic mass is 9.82. The predicted octanol–water partition coefficient (Wildman–Crippen LogP) is 4.77. The van der Waals surface area contributed by atoms with Crippen molar-refractivity contribution in [3.8, 4) is 16.9 Å². The quantitative estimate of drug-likeness (QED) is 0.459. The van der Waals surface area contributed by atoms with Crippen LogP contribution in [0.5, 0.6) is 5.75 Å². The third-order valence-electron chi connectivity index (χ3n) is 6.12. The summed E-state index contributed by atoms with van der Waals surface area (Å²) in [6.45, 7) is 2.42. The number of aryl methyl sites for hydroxylation is 1. The van der Waals surface area contributed by atoms with Crippen LogP contribution in [0, 0.1) is 6.92 Å². The van der Waals surface area contributed by atoms with Crippen LogP contribution in [0.2, 0.25) is 0 Å². The molecule has 2 aromatic heterocycles. The summed E-state index contributed by atoms with van der Waals surface area (Å²) in [7, 11) is 3.30. The number of methoxy groups -OCH3 is 2. The van der Waals surface area contributed by atoms with Gasteiger partial charge in [0.2, 0.25) is 0 Å². The highest BCUT2D eigenvalue weighted by Crippen LogP contribution is 2.35. The molecule has 0 spiro atoms. The van der Waals surface area contributed by atoms with Gasteiger partial charge in [-0.1, -0.05) is 42.0 Å². The van der Waals surface area contributed by atoms with E-state index in [2.05, 4.69) is 31.2 Å². The van der Waals surface area contributed by atoms with Crippen LogP contribution in [-0.2, 0) is 17.8 Å². The molecule has 0 N–H and O–H groups in total. The smallest absolute Gasteiger partial charge is 0.166 e. The maximum atomic E-state index is 13.0. The number of hydrogen-bond acceptors (Lipinski definition) is 5. The molecule has 1 atom stereocenters. The zero-order chi connectivity index (χ0) is 22.2. The number of nitrogens with zero attached hydrogens (tertiary/aromatic N) is 3. The van der Waals surface area contributed by atoms with E-state index in [0.29, 0.717) is 18.6 Å².